The maximum Gasteiger partial charge on any atom is 0.230 e. The first-order chi connectivity index (χ1) is 15.9. The average Bonchev–Trinajstić information content (AvgIpc) is 3.19. The first-order valence-electron chi connectivity index (χ1n) is 11.0. The van der Waals surface area contributed by atoms with Crippen molar-refractivity contribution >= 4 is 17.7 Å². The number of thioether (sulfide) groups is 1. The predicted octanol–water partition coefficient (Wildman–Crippen LogP) is 4.80. The largest absolute Gasteiger partial charge is 0.497 e. The minimum absolute atomic E-state index is 0.0399. The summed E-state index contributed by atoms with van der Waals surface area (Å²) in [7, 11) is 1.63. The van der Waals surface area contributed by atoms with Gasteiger partial charge in [-0.15, -0.1) is 10.2 Å². The number of hydrogen-bond donors (Lipinski definition) is 1. The first-order valence-corrected chi connectivity index (χ1v) is 12.0. The van der Waals surface area contributed by atoms with Crippen molar-refractivity contribution in [1.29, 1.82) is 0 Å². The lowest BCUT2D eigenvalue weighted by atomic mass is 10.1. The SMILES string of the molecule is COc1cccc(OC(C)c2nnc(SCC(=O)NCc3ccc(C)cc3)n2CC(C)C)c1. The van der Waals surface area contributed by atoms with Crippen molar-refractivity contribution in [3.8, 4) is 11.5 Å². The summed E-state index contributed by atoms with van der Waals surface area (Å²) in [5.41, 5.74) is 2.28. The Morgan fingerprint density at radius 3 is 2.52 bits per heavy atom. The molecule has 7 nitrogen and oxygen atoms in total. The van der Waals surface area contributed by atoms with Crippen molar-refractivity contribution in [1.82, 2.24) is 20.1 Å². The van der Waals surface area contributed by atoms with Crippen molar-refractivity contribution in [2.75, 3.05) is 12.9 Å². The van der Waals surface area contributed by atoms with Crippen molar-refractivity contribution in [2.45, 2.75) is 52.0 Å². The fraction of sp³-hybridized carbons (Fsp3) is 0.400. The zero-order valence-electron chi connectivity index (χ0n) is 19.9. The standard InChI is InChI=1S/C25H32N4O3S/c1-17(2)15-29-24(19(4)32-22-8-6-7-21(13-22)31-5)27-28-25(29)33-16-23(30)26-14-20-11-9-18(3)10-12-20/h6-13,17,19H,14-16H2,1-5H3,(H,26,30). The van der Waals surface area contributed by atoms with E-state index in [4.69, 9.17) is 9.47 Å². The molecular weight excluding hydrogens is 436 g/mol. The Balaban J connectivity index is 1.64. The average molecular weight is 469 g/mol. The number of ether oxygens (including phenoxy) is 2. The topological polar surface area (TPSA) is 78.3 Å². The van der Waals surface area contributed by atoms with Crippen molar-refractivity contribution in [2.24, 2.45) is 5.92 Å². The number of methoxy groups -OCH3 is 1. The van der Waals surface area contributed by atoms with E-state index < -0.39 is 0 Å². The second-order valence-corrected chi connectivity index (χ2v) is 9.28. The third kappa shape index (κ3) is 7.25. The Bertz CT molecular complexity index is 1050. The van der Waals surface area contributed by atoms with Gasteiger partial charge in [-0.2, -0.15) is 0 Å². The van der Waals surface area contributed by atoms with Crippen LogP contribution in [0.1, 0.15) is 43.8 Å². The van der Waals surface area contributed by atoms with Crippen LogP contribution in [0, 0.1) is 12.8 Å². The van der Waals surface area contributed by atoms with E-state index in [1.807, 2.05) is 66.9 Å². The number of nitrogens with one attached hydrogen (secondary N) is 1. The van der Waals surface area contributed by atoms with Gasteiger partial charge in [0, 0.05) is 19.2 Å². The summed E-state index contributed by atoms with van der Waals surface area (Å²) >= 11 is 1.39. The quantitative estimate of drug-likeness (QED) is 0.407. The lowest BCUT2D eigenvalue weighted by Crippen LogP contribution is -2.24. The summed E-state index contributed by atoms with van der Waals surface area (Å²) in [6.07, 6.45) is -0.312. The van der Waals surface area contributed by atoms with E-state index in [9.17, 15) is 4.79 Å². The van der Waals surface area contributed by atoms with Crippen molar-refractivity contribution < 1.29 is 14.3 Å². The highest BCUT2D eigenvalue weighted by molar-refractivity contribution is 7.99. The molecule has 0 aliphatic heterocycles. The Kier molecular flexibility index (Phi) is 8.77. The zero-order valence-corrected chi connectivity index (χ0v) is 20.7. The van der Waals surface area contributed by atoms with Crippen LogP contribution in [0.4, 0.5) is 0 Å². The smallest absolute Gasteiger partial charge is 0.230 e. The van der Waals surface area contributed by atoms with Gasteiger partial charge in [0.15, 0.2) is 17.1 Å². The maximum atomic E-state index is 12.4. The van der Waals surface area contributed by atoms with Crippen molar-refractivity contribution in [3.05, 3.63) is 65.5 Å². The van der Waals surface area contributed by atoms with Gasteiger partial charge in [0.05, 0.1) is 12.9 Å². The molecule has 3 rings (SSSR count). The maximum absolute atomic E-state index is 12.4. The van der Waals surface area contributed by atoms with Crippen molar-refractivity contribution in [3.63, 3.8) is 0 Å². The summed E-state index contributed by atoms with van der Waals surface area (Å²) in [4.78, 5) is 12.4. The van der Waals surface area contributed by atoms with Gasteiger partial charge in [-0.1, -0.05) is 61.5 Å². The third-order valence-corrected chi connectivity index (χ3v) is 5.92. The van der Waals surface area contributed by atoms with Crippen LogP contribution >= 0.6 is 11.8 Å². The van der Waals surface area contributed by atoms with E-state index in [-0.39, 0.29) is 17.8 Å². The highest BCUT2D eigenvalue weighted by atomic mass is 32.2. The molecule has 3 aromatic rings. The van der Waals surface area contributed by atoms with Crippen LogP contribution in [-0.4, -0.2) is 33.5 Å². The molecule has 1 N–H and O–H groups in total. The number of nitrogens with zero attached hydrogens (tertiary/aromatic N) is 3. The first kappa shape index (κ1) is 24.6. The second-order valence-electron chi connectivity index (χ2n) is 8.34. The number of hydrogen-bond acceptors (Lipinski definition) is 6. The van der Waals surface area contributed by atoms with E-state index in [0.29, 0.717) is 23.4 Å². The van der Waals surface area contributed by atoms with Crippen LogP contribution in [0.5, 0.6) is 11.5 Å². The lowest BCUT2D eigenvalue weighted by Gasteiger charge is -2.18. The summed E-state index contributed by atoms with van der Waals surface area (Å²) in [5, 5.41) is 12.4. The summed E-state index contributed by atoms with van der Waals surface area (Å²) in [5.74, 6) is 2.78. The highest BCUT2D eigenvalue weighted by Crippen LogP contribution is 2.27. The van der Waals surface area contributed by atoms with Crippen LogP contribution in [0.3, 0.4) is 0 Å². The molecule has 8 heteroatoms. The number of benzene rings is 2. The highest BCUT2D eigenvalue weighted by Gasteiger charge is 2.21. The van der Waals surface area contributed by atoms with Gasteiger partial charge >= 0.3 is 0 Å². The number of rotatable bonds is 11. The van der Waals surface area contributed by atoms with Gasteiger partial charge in [0.25, 0.3) is 0 Å². The Hall–Kier alpha value is -3.00. The molecule has 0 saturated heterocycles. The Morgan fingerprint density at radius 2 is 1.82 bits per heavy atom. The zero-order chi connectivity index (χ0) is 23.8. The van der Waals surface area contributed by atoms with E-state index in [1.165, 1.54) is 17.3 Å². The monoisotopic (exact) mass is 468 g/mol. The number of carbonyl (C=O) groups excluding carboxylic acids is 1. The molecule has 0 radical (unpaired) electrons. The Morgan fingerprint density at radius 1 is 1.09 bits per heavy atom. The molecule has 0 saturated carbocycles. The molecule has 1 unspecified atom stereocenters. The molecule has 1 atom stereocenters. The number of aromatic nitrogens is 3. The molecule has 0 fully saturated rings. The van der Waals surface area contributed by atoms with Gasteiger partial charge in [-0.3, -0.25) is 4.79 Å². The minimum atomic E-state index is -0.312. The van der Waals surface area contributed by atoms with E-state index in [2.05, 4.69) is 29.4 Å². The van der Waals surface area contributed by atoms with Crippen LogP contribution in [0.2, 0.25) is 0 Å². The molecule has 1 heterocycles. The van der Waals surface area contributed by atoms with Crippen LogP contribution in [0.25, 0.3) is 0 Å². The van der Waals surface area contributed by atoms with E-state index in [1.54, 1.807) is 7.11 Å². The molecule has 176 valence electrons. The van der Waals surface area contributed by atoms with Crippen LogP contribution < -0.4 is 14.8 Å². The molecule has 0 bridgehead atoms. The summed E-state index contributed by atoms with van der Waals surface area (Å²) in [6.45, 7) is 9.52. The molecule has 1 aromatic heterocycles. The molecule has 0 aliphatic carbocycles. The number of carbonyl (C=O) groups is 1. The lowest BCUT2D eigenvalue weighted by molar-refractivity contribution is -0.118. The van der Waals surface area contributed by atoms with Gasteiger partial charge in [-0.05, 0) is 37.5 Å². The molecule has 1 amide bonds. The molecular formula is C25H32N4O3S. The Labute approximate surface area is 199 Å². The number of aryl methyl sites for hydroxylation is 1. The van der Waals surface area contributed by atoms with Gasteiger partial charge < -0.3 is 19.4 Å². The fourth-order valence-electron chi connectivity index (χ4n) is 3.26. The minimum Gasteiger partial charge on any atom is -0.497 e. The molecule has 2 aromatic carbocycles. The molecule has 0 aliphatic rings. The number of amides is 1. The predicted molar refractivity (Wildman–Crippen MR) is 131 cm³/mol. The van der Waals surface area contributed by atoms with Gasteiger partial charge in [0.2, 0.25) is 5.91 Å². The van der Waals surface area contributed by atoms with Gasteiger partial charge in [0.1, 0.15) is 11.5 Å². The van der Waals surface area contributed by atoms with E-state index >= 15 is 0 Å². The van der Waals surface area contributed by atoms with Crippen LogP contribution in [0.15, 0.2) is 53.7 Å². The second kappa shape index (κ2) is 11.7. The third-order valence-electron chi connectivity index (χ3n) is 4.95. The molecule has 0 spiro atoms. The summed E-state index contributed by atoms with van der Waals surface area (Å²) < 4.78 is 13.4. The summed E-state index contributed by atoms with van der Waals surface area (Å²) in [6, 6.07) is 15.6. The molecule has 33 heavy (non-hydrogen) atoms. The fourth-order valence-corrected chi connectivity index (χ4v) is 4.05. The van der Waals surface area contributed by atoms with E-state index in [0.717, 1.165) is 23.7 Å². The normalized spacial score (nSPS) is 11.9. The van der Waals surface area contributed by atoms with Gasteiger partial charge in [-0.25, -0.2) is 0 Å². The van der Waals surface area contributed by atoms with Crippen LogP contribution in [-0.2, 0) is 17.9 Å².